The molecule has 2 heterocycles. The quantitative estimate of drug-likeness (QED) is 0.716. The minimum Gasteiger partial charge on any atom is -0.301 e. The molecule has 0 radical (unpaired) electrons. The van der Waals surface area contributed by atoms with Crippen molar-refractivity contribution in [2.75, 3.05) is 25.4 Å². The lowest BCUT2D eigenvalue weighted by Gasteiger charge is -2.37. The van der Waals surface area contributed by atoms with Crippen LogP contribution in [0.2, 0.25) is 0 Å². The van der Waals surface area contributed by atoms with E-state index in [1.807, 2.05) is 0 Å². The fourth-order valence-corrected chi connectivity index (χ4v) is 3.68. The summed E-state index contributed by atoms with van der Waals surface area (Å²) in [7, 11) is 0. The molecule has 2 rings (SSSR count). The first kappa shape index (κ1) is 10.8. The van der Waals surface area contributed by atoms with Gasteiger partial charge in [-0.1, -0.05) is 6.92 Å². The molecule has 1 N–H and O–H groups in total. The molecule has 2 nitrogen and oxygen atoms in total. The van der Waals surface area contributed by atoms with Gasteiger partial charge in [-0.25, -0.2) is 0 Å². The Labute approximate surface area is 91.8 Å². The summed E-state index contributed by atoms with van der Waals surface area (Å²) in [6, 6.07) is 0.705. The Balaban J connectivity index is 1.93. The molecule has 2 aliphatic heterocycles. The molecule has 3 heteroatoms. The molecule has 0 aromatic rings. The summed E-state index contributed by atoms with van der Waals surface area (Å²) in [4.78, 5) is 2.99. The second kappa shape index (κ2) is 4.03. The lowest BCUT2D eigenvalue weighted by atomic mass is 10.1. The van der Waals surface area contributed by atoms with Crippen molar-refractivity contribution in [3.63, 3.8) is 0 Å². The van der Waals surface area contributed by atoms with Crippen LogP contribution in [-0.4, -0.2) is 41.2 Å². The smallest absolute Gasteiger partial charge is 0.0786 e. The van der Waals surface area contributed by atoms with Crippen molar-refractivity contribution in [1.82, 2.24) is 10.2 Å². The fraction of sp³-hybridized carbons (Fsp3) is 1.00. The zero-order valence-electron chi connectivity index (χ0n) is 9.55. The van der Waals surface area contributed by atoms with Gasteiger partial charge < -0.3 is 5.32 Å². The Morgan fingerprint density at radius 2 is 2.29 bits per heavy atom. The molecule has 2 unspecified atom stereocenters. The maximum Gasteiger partial charge on any atom is 0.0786 e. The zero-order valence-corrected chi connectivity index (χ0v) is 10.4. The largest absolute Gasteiger partial charge is 0.301 e. The minimum atomic E-state index is 0.400. The molecular formula is C11H22N2S. The first-order valence-corrected chi connectivity index (χ1v) is 6.73. The number of thioether (sulfide) groups is 1. The summed E-state index contributed by atoms with van der Waals surface area (Å²) in [6.45, 7) is 10.7. The number of hydrogen-bond donors (Lipinski definition) is 1. The van der Waals surface area contributed by atoms with Crippen LogP contribution in [0.15, 0.2) is 0 Å². The lowest BCUT2D eigenvalue weighted by molar-refractivity contribution is 0.261. The van der Waals surface area contributed by atoms with Crippen molar-refractivity contribution >= 4 is 11.8 Å². The third-order valence-electron chi connectivity index (χ3n) is 3.41. The molecule has 0 saturated carbocycles. The third kappa shape index (κ3) is 2.10. The Hall–Kier alpha value is 0.270. The summed E-state index contributed by atoms with van der Waals surface area (Å²) in [5.41, 5.74) is 0. The predicted molar refractivity (Wildman–Crippen MR) is 63.7 cm³/mol. The molecule has 2 aliphatic rings. The Morgan fingerprint density at radius 1 is 1.50 bits per heavy atom. The topological polar surface area (TPSA) is 15.3 Å². The van der Waals surface area contributed by atoms with Gasteiger partial charge in [0.2, 0.25) is 0 Å². The number of nitrogens with zero attached hydrogens (tertiary/aromatic N) is 1. The van der Waals surface area contributed by atoms with E-state index in [9.17, 15) is 0 Å². The monoisotopic (exact) mass is 214 g/mol. The van der Waals surface area contributed by atoms with E-state index in [4.69, 9.17) is 0 Å². The van der Waals surface area contributed by atoms with Gasteiger partial charge in [-0.2, -0.15) is 0 Å². The SMILES string of the molecule is CC1CNC2(CCN(C(C)C)C2)SC1. The third-order valence-corrected chi connectivity index (χ3v) is 5.17. The summed E-state index contributed by atoms with van der Waals surface area (Å²) >= 11 is 2.15. The van der Waals surface area contributed by atoms with E-state index in [1.54, 1.807) is 0 Å². The minimum absolute atomic E-state index is 0.400. The molecule has 2 atom stereocenters. The number of rotatable bonds is 1. The summed E-state index contributed by atoms with van der Waals surface area (Å²) in [5.74, 6) is 2.18. The molecular weight excluding hydrogens is 192 g/mol. The van der Waals surface area contributed by atoms with Crippen molar-refractivity contribution in [2.24, 2.45) is 5.92 Å². The van der Waals surface area contributed by atoms with Gasteiger partial charge in [0.1, 0.15) is 0 Å². The van der Waals surface area contributed by atoms with E-state index < -0.39 is 0 Å². The zero-order chi connectivity index (χ0) is 10.2. The van der Waals surface area contributed by atoms with Crippen molar-refractivity contribution in [3.05, 3.63) is 0 Å². The van der Waals surface area contributed by atoms with Gasteiger partial charge in [0.05, 0.1) is 4.87 Å². The van der Waals surface area contributed by atoms with Gasteiger partial charge in [-0.15, -0.1) is 11.8 Å². The van der Waals surface area contributed by atoms with Crippen LogP contribution in [-0.2, 0) is 0 Å². The van der Waals surface area contributed by atoms with E-state index in [-0.39, 0.29) is 0 Å². The standard InChI is InChI=1S/C11H22N2S/c1-9(2)13-5-4-11(8-13)12-6-10(3)7-14-11/h9-10,12H,4-8H2,1-3H3. The molecule has 2 fully saturated rings. The van der Waals surface area contributed by atoms with Gasteiger partial charge in [-0.05, 0) is 38.5 Å². The fourth-order valence-electron chi connectivity index (χ4n) is 2.29. The highest BCUT2D eigenvalue weighted by molar-refractivity contribution is 8.00. The van der Waals surface area contributed by atoms with Crippen LogP contribution in [0.3, 0.4) is 0 Å². The van der Waals surface area contributed by atoms with Gasteiger partial charge in [-0.3, -0.25) is 4.90 Å². The molecule has 0 amide bonds. The van der Waals surface area contributed by atoms with Gasteiger partial charge >= 0.3 is 0 Å². The van der Waals surface area contributed by atoms with E-state index in [0.717, 1.165) is 5.92 Å². The van der Waals surface area contributed by atoms with Crippen molar-refractivity contribution in [1.29, 1.82) is 0 Å². The molecule has 0 aliphatic carbocycles. The molecule has 0 aromatic carbocycles. The molecule has 2 saturated heterocycles. The molecule has 1 spiro atoms. The summed E-state index contributed by atoms with van der Waals surface area (Å²) in [6.07, 6.45) is 1.32. The highest BCUT2D eigenvalue weighted by atomic mass is 32.2. The highest BCUT2D eigenvalue weighted by Gasteiger charge is 2.41. The second-order valence-electron chi connectivity index (χ2n) is 5.11. The van der Waals surface area contributed by atoms with Crippen LogP contribution in [0.4, 0.5) is 0 Å². The summed E-state index contributed by atoms with van der Waals surface area (Å²) < 4.78 is 0. The Kier molecular flexibility index (Phi) is 3.10. The second-order valence-corrected chi connectivity index (χ2v) is 6.51. The van der Waals surface area contributed by atoms with E-state index in [0.29, 0.717) is 10.9 Å². The van der Waals surface area contributed by atoms with Crippen LogP contribution in [0.25, 0.3) is 0 Å². The number of nitrogens with one attached hydrogen (secondary N) is 1. The van der Waals surface area contributed by atoms with Crippen molar-refractivity contribution in [2.45, 2.75) is 38.1 Å². The molecule has 0 aromatic heterocycles. The highest BCUT2D eigenvalue weighted by Crippen LogP contribution is 2.37. The molecule has 14 heavy (non-hydrogen) atoms. The Morgan fingerprint density at radius 3 is 2.79 bits per heavy atom. The number of likely N-dealkylation sites (tertiary alicyclic amines) is 1. The van der Waals surface area contributed by atoms with E-state index in [2.05, 4.69) is 42.7 Å². The van der Waals surface area contributed by atoms with Crippen LogP contribution < -0.4 is 5.32 Å². The first-order chi connectivity index (χ1) is 6.61. The van der Waals surface area contributed by atoms with Gasteiger partial charge in [0.15, 0.2) is 0 Å². The average molecular weight is 214 g/mol. The lowest BCUT2D eigenvalue weighted by Crippen LogP contribution is -2.50. The van der Waals surface area contributed by atoms with Crippen molar-refractivity contribution < 1.29 is 0 Å². The maximum atomic E-state index is 3.75. The van der Waals surface area contributed by atoms with Crippen LogP contribution in [0.1, 0.15) is 27.2 Å². The maximum absolute atomic E-state index is 3.75. The predicted octanol–water partition coefficient (Wildman–Crippen LogP) is 1.77. The first-order valence-electron chi connectivity index (χ1n) is 5.74. The van der Waals surface area contributed by atoms with Crippen LogP contribution >= 0.6 is 11.8 Å². The summed E-state index contributed by atoms with van der Waals surface area (Å²) in [5, 5.41) is 3.75. The molecule has 0 bridgehead atoms. The van der Waals surface area contributed by atoms with Gasteiger partial charge in [0, 0.05) is 19.1 Å². The Bertz CT molecular complexity index is 197. The van der Waals surface area contributed by atoms with Crippen LogP contribution in [0, 0.1) is 5.92 Å². The van der Waals surface area contributed by atoms with E-state index >= 15 is 0 Å². The van der Waals surface area contributed by atoms with Crippen molar-refractivity contribution in [3.8, 4) is 0 Å². The molecule has 82 valence electrons. The number of hydrogen-bond acceptors (Lipinski definition) is 3. The normalized spacial score (nSPS) is 39.9. The van der Waals surface area contributed by atoms with Gasteiger partial charge in [0.25, 0.3) is 0 Å². The van der Waals surface area contributed by atoms with Crippen LogP contribution in [0.5, 0.6) is 0 Å². The van der Waals surface area contributed by atoms with E-state index in [1.165, 1.54) is 31.8 Å². The average Bonchev–Trinajstić information content (AvgIpc) is 2.56.